The Labute approximate surface area is 98.9 Å². The summed E-state index contributed by atoms with van der Waals surface area (Å²) < 4.78 is 0. The van der Waals surface area contributed by atoms with Gasteiger partial charge in [-0.15, -0.1) is 11.3 Å². The number of nitrogens with two attached hydrogens (primary N) is 1. The van der Waals surface area contributed by atoms with Gasteiger partial charge in [0.05, 0.1) is 17.7 Å². The summed E-state index contributed by atoms with van der Waals surface area (Å²) in [5, 5.41) is 0. The first-order valence-electron chi connectivity index (χ1n) is 5.30. The molecule has 0 radical (unpaired) electrons. The minimum Gasteiger partial charge on any atom is -0.331 e. The van der Waals surface area contributed by atoms with Crippen LogP contribution in [0.5, 0.6) is 0 Å². The molecule has 1 unspecified atom stereocenters. The fourth-order valence-corrected chi connectivity index (χ4v) is 2.52. The van der Waals surface area contributed by atoms with Crippen LogP contribution in [0.3, 0.4) is 0 Å². The molecule has 88 valence electrons. The van der Waals surface area contributed by atoms with Gasteiger partial charge in [-0.3, -0.25) is 9.78 Å². The zero-order chi connectivity index (χ0) is 11.5. The van der Waals surface area contributed by atoms with Crippen LogP contribution in [0, 0.1) is 0 Å². The second-order valence-electron chi connectivity index (χ2n) is 4.02. The summed E-state index contributed by atoms with van der Waals surface area (Å²) >= 11 is 1.38. The Hall–Kier alpha value is -0.980. The maximum absolute atomic E-state index is 12.2. The van der Waals surface area contributed by atoms with Gasteiger partial charge < -0.3 is 15.5 Å². The second-order valence-corrected chi connectivity index (χ2v) is 4.90. The molecule has 0 aromatic carbocycles. The van der Waals surface area contributed by atoms with Crippen molar-refractivity contribution in [3.8, 4) is 0 Å². The van der Waals surface area contributed by atoms with Crippen molar-refractivity contribution in [2.24, 2.45) is 5.73 Å². The molecule has 1 aliphatic rings. The number of nitrogens with zero attached hydrogens (tertiary/aromatic N) is 3. The molecule has 2 N–H and O–H groups in total. The van der Waals surface area contributed by atoms with E-state index in [0.717, 1.165) is 19.6 Å². The summed E-state index contributed by atoms with van der Waals surface area (Å²) in [7, 11) is 2.05. The summed E-state index contributed by atoms with van der Waals surface area (Å²) in [5.41, 5.74) is 7.40. The first-order valence-corrected chi connectivity index (χ1v) is 6.18. The van der Waals surface area contributed by atoms with Crippen LogP contribution < -0.4 is 5.73 Å². The Morgan fingerprint density at radius 1 is 1.69 bits per heavy atom. The lowest BCUT2D eigenvalue weighted by Gasteiger charge is -2.39. The maximum Gasteiger partial charge on any atom is 0.265 e. The zero-order valence-corrected chi connectivity index (χ0v) is 10.1. The first kappa shape index (κ1) is 11.5. The molecule has 0 bridgehead atoms. The molecule has 0 aliphatic carbocycles. The molecule has 1 atom stereocenters. The fourth-order valence-electron chi connectivity index (χ4n) is 1.94. The van der Waals surface area contributed by atoms with E-state index in [1.54, 1.807) is 11.7 Å². The van der Waals surface area contributed by atoms with Crippen molar-refractivity contribution < 1.29 is 4.79 Å². The molecule has 1 aliphatic heterocycles. The Morgan fingerprint density at radius 3 is 3.12 bits per heavy atom. The van der Waals surface area contributed by atoms with E-state index in [4.69, 9.17) is 5.73 Å². The molecule has 2 heterocycles. The molecular weight excluding hydrogens is 224 g/mol. The predicted molar refractivity (Wildman–Crippen MR) is 63.5 cm³/mol. The van der Waals surface area contributed by atoms with E-state index in [9.17, 15) is 4.79 Å². The number of aromatic nitrogens is 1. The Bertz CT molecular complexity index is 354. The summed E-state index contributed by atoms with van der Waals surface area (Å²) in [4.78, 5) is 20.9. The highest BCUT2D eigenvalue weighted by Crippen LogP contribution is 2.15. The molecule has 5 nitrogen and oxygen atoms in total. The van der Waals surface area contributed by atoms with Crippen molar-refractivity contribution in [2.75, 3.05) is 33.2 Å². The van der Waals surface area contributed by atoms with E-state index in [-0.39, 0.29) is 11.9 Å². The second kappa shape index (κ2) is 4.90. The third-order valence-electron chi connectivity index (χ3n) is 2.86. The summed E-state index contributed by atoms with van der Waals surface area (Å²) in [6.45, 7) is 3.01. The molecule has 1 fully saturated rings. The van der Waals surface area contributed by atoms with Gasteiger partial charge in [0.15, 0.2) is 0 Å². The van der Waals surface area contributed by atoms with Crippen LogP contribution in [0.1, 0.15) is 9.67 Å². The van der Waals surface area contributed by atoms with Gasteiger partial charge in [0, 0.05) is 26.2 Å². The summed E-state index contributed by atoms with van der Waals surface area (Å²) in [6, 6.07) is 0.119. The monoisotopic (exact) mass is 240 g/mol. The smallest absolute Gasteiger partial charge is 0.265 e. The summed E-state index contributed by atoms with van der Waals surface area (Å²) in [6.07, 6.45) is 1.62. The molecule has 1 aromatic heterocycles. The molecule has 6 heteroatoms. The Morgan fingerprint density at radius 2 is 2.50 bits per heavy atom. The number of carbonyl (C=O) groups is 1. The first-order chi connectivity index (χ1) is 7.72. The van der Waals surface area contributed by atoms with Crippen molar-refractivity contribution in [2.45, 2.75) is 6.04 Å². The number of hydrogen-bond donors (Lipinski definition) is 1. The van der Waals surface area contributed by atoms with E-state index < -0.39 is 0 Å². The van der Waals surface area contributed by atoms with Crippen LogP contribution in [-0.2, 0) is 0 Å². The van der Waals surface area contributed by atoms with Gasteiger partial charge in [-0.2, -0.15) is 0 Å². The van der Waals surface area contributed by atoms with Crippen molar-refractivity contribution in [1.29, 1.82) is 0 Å². The molecule has 1 saturated heterocycles. The largest absolute Gasteiger partial charge is 0.331 e. The van der Waals surface area contributed by atoms with Crippen LogP contribution in [0.4, 0.5) is 0 Å². The maximum atomic E-state index is 12.2. The van der Waals surface area contributed by atoms with Crippen LogP contribution >= 0.6 is 11.3 Å². The number of thiazole rings is 1. The fraction of sp³-hybridized carbons (Fsp3) is 0.600. The third kappa shape index (κ3) is 2.23. The van der Waals surface area contributed by atoms with Crippen molar-refractivity contribution in [1.82, 2.24) is 14.8 Å². The van der Waals surface area contributed by atoms with Gasteiger partial charge in [0.2, 0.25) is 0 Å². The topological polar surface area (TPSA) is 62.5 Å². The van der Waals surface area contributed by atoms with Gasteiger partial charge in [0.25, 0.3) is 5.91 Å². The normalized spacial score (nSPS) is 22.4. The van der Waals surface area contributed by atoms with Gasteiger partial charge in [-0.25, -0.2) is 0 Å². The number of carbonyl (C=O) groups excluding carboxylic acids is 1. The highest BCUT2D eigenvalue weighted by Gasteiger charge is 2.29. The van der Waals surface area contributed by atoms with E-state index in [2.05, 4.69) is 16.9 Å². The molecule has 1 aromatic rings. The highest BCUT2D eigenvalue weighted by molar-refractivity contribution is 7.11. The lowest BCUT2D eigenvalue weighted by molar-refractivity contribution is 0.0520. The summed E-state index contributed by atoms with van der Waals surface area (Å²) in [5.74, 6) is 0.0612. The minimum absolute atomic E-state index is 0.0612. The van der Waals surface area contributed by atoms with Crippen LogP contribution in [0.15, 0.2) is 11.7 Å². The quantitative estimate of drug-likeness (QED) is 0.781. The van der Waals surface area contributed by atoms with Crippen molar-refractivity contribution in [3.05, 3.63) is 16.6 Å². The standard InChI is InChI=1S/C10H16N4OS/c1-13-2-3-14(8(4-11)6-13)10(15)9-5-12-7-16-9/h5,7-8H,2-4,6,11H2,1H3. The predicted octanol–water partition coefficient (Wildman–Crippen LogP) is -0.142. The zero-order valence-electron chi connectivity index (χ0n) is 9.30. The molecule has 16 heavy (non-hydrogen) atoms. The Balaban J connectivity index is 2.10. The average Bonchev–Trinajstić information content (AvgIpc) is 2.81. The minimum atomic E-state index is 0.0612. The van der Waals surface area contributed by atoms with Gasteiger partial charge in [-0.1, -0.05) is 0 Å². The lowest BCUT2D eigenvalue weighted by atomic mass is 10.1. The average molecular weight is 240 g/mol. The number of piperazine rings is 1. The number of rotatable bonds is 2. The van der Waals surface area contributed by atoms with Gasteiger partial charge in [0.1, 0.15) is 4.88 Å². The van der Waals surface area contributed by atoms with Gasteiger partial charge in [-0.05, 0) is 7.05 Å². The molecule has 0 saturated carbocycles. The molecule has 0 spiro atoms. The molecule has 2 rings (SSSR count). The SMILES string of the molecule is CN1CCN(C(=O)c2cncs2)C(CN)C1. The van der Waals surface area contributed by atoms with E-state index >= 15 is 0 Å². The van der Waals surface area contributed by atoms with Gasteiger partial charge >= 0.3 is 0 Å². The van der Waals surface area contributed by atoms with E-state index in [1.807, 2.05) is 4.90 Å². The number of likely N-dealkylation sites (N-methyl/N-ethyl adjacent to an activating group) is 1. The molecular formula is C10H16N4OS. The molecule has 1 amide bonds. The van der Waals surface area contributed by atoms with E-state index in [0.29, 0.717) is 11.4 Å². The van der Waals surface area contributed by atoms with Crippen LogP contribution in [-0.4, -0.2) is 60.0 Å². The van der Waals surface area contributed by atoms with E-state index in [1.165, 1.54) is 11.3 Å². The number of amides is 1. The van der Waals surface area contributed by atoms with Crippen LogP contribution in [0.25, 0.3) is 0 Å². The van der Waals surface area contributed by atoms with Crippen LogP contribution in [0.2, 0.25) is 0 Å². The van der Waals surface area contributed by atoms with Crippen molar-refractivity contribution in [3.63, 3.8) is 0 Å². The van der Waals surface area contributed by atoms with Crippen molar-refractivity contribution >= 4 is 17.2 Å². The highest BCUT2D eigenvalue weighted by atomic mass is 32.1. The number of hydrogen-bond acceptors (Lipinski definition) is 5. The third-order valence-corrected chi connectivity index (χ3v) is 3.62. The lowest BCUT2D eigenvalue weighted by Crippen LogP contribution is -2.56. The Kier molecular flexibility index (Phi) is 3.52.